The summed E-state index contributed by atoms with van der Waals surface area (Å²) in [5.41, 5.74) is 3.86. The Morgan fingerprint density at radius 1 is 1.11 bits per heavy atom. The molecule has 27 heavy (non-hydrogen) atoms. The Morgan fingerprint density at radius 3 is 2.78 bits per heavy atom. The Kier molecular flexibility index (Phi) is 4.20. The van der Waals surface area contributed by atoms with Crippen LogP contribution in [0.2, 0.25) is 0 Å². The molecule has 138 valence electrons. The summed E-state index contributed by atoms with van der Waals surface area (Å²) in [7, 11) is 0. The van der Waals surface area contributed by atoms with Gasteiger partial charge in [0.15, 0.2) is 0 Å². The number of rotatable bonds is 4. The van der Waals surface area contributed by atoms with E-state index < -0.39 is 0 Å². The van der Waals surface area contributed by atoms with E-state index in [-0.39, 0.29) is 6.03 Å². The first-order valence-corrected chi connectivity index (χ1v) is 10.4. The highest BCUT2D eigenvalue weighted by molar-refractivity contribution is 7.99. The largest absolute Gasteiger partial charge is 0.369 e. The molecule has 1 aromatic heterocycles. The van der Waals surface area contributed by atoms with Crippen LogP contribution in [0, 0.1) is 5.92 Å². The lowest BCUT2D eigenvalue weighted by atomic mass is 10.2. The number of nitrogens with zero attached hydrogens (tertiary/aromatic N) is 1. The van der Waals surface area contributed by atoms with Gasteiger partial charge in [-0.25, -0.2) is 4.79 Å². The molecule has 0 atom stereocenters. The lowest BCUT2D eigenvalue weighted by Gasteiger charge is -2.31. The second-order valence-electron chi connectivity index (χ2n) is 7.28. The number of urea groups is 1. The van der Waals surface area contributed by atoms with Gasteiger partial charge in [-0.3, -0.25) is 0 Å². The van der Waals surface area contributed by atoms with E-state index in [4.69, 9.17) is 0 Å². The molecule has 6 heteroatoms. The minimum atomic E-state index is -0.224. The third-order valence-electron chi connectivity index (χ3n) is 5.16. The average Bonchev–Trinajstić information content (AvgIpc) is 3.36. The quantitative estimate of drug-likeness (QED) is 0.589. The van der Waals surface area contributed by atoms with Gasteiger partial charge in [-0.2, -0.15) is 0 Å². The SMILES string of the molecule is O=C(Nc1ccc2c(c1)N(CC1CC1)CCS2)Nc1ccc2cc[nH]c2c1. The van der Waals surface area contributed by atoms with Gasteiger partial charge in [0.25, 0.3) is 0 Å². The van der Waals surface area contributed by atoms with Gasteiger partial charge in [-0.15, -0.1) is 11.8 Å². The molecule has 0 bridgehead atoms. The summed E-state index contributed by atoms with van der Waals surface area (Å²) < 4.78 is 0. The summed E-state index contributed by atoms with van der Waals surface area (Å²) in [6, 6.07) is 13.9. The van der Waals surface area contributed by atoms with Gasteiger partial charge >= 0.3 is 6.03 Å². The van der Waals surface area contributed by atoms with Crippen LogP contribution in [-0.2, 0) is 0 Å². The number of H-pyrrole nitrogens is 1. The number of benzene rings is 2. The highest BCUT2D eigenvalue weighted by Crippen LogP contribution is 2.39. The standard InChI is InChI=1S/C21H22N4OS/c26-21(23-16-4-3-15-7-8-22-18(15)11-16)24-17-5-6-20-19(12-17)25(9-10-27-20)13-14-1-2-14/h3-8,11-12,14,22H,1-2,9-10,13H2,(H2,23,24,26). The van der Waals surface area contributed by atoms with Crippen LogP contribution in [0.15, 0.2) is 53.6 Å². The molecule has 0 unspecified atom stereocenters. The maximum atomic E-state index is 12.4. The first-order valence-electron chi connectivity index (χ1n) is 9.41. The number of aromatic nitrogens is 1. The van der Waals surface area contributed by atoms with Crippen LogP contribution in [-0.4, -0.2) is 29.9 Å². The molecule has 1 aliphatic carbocycles. The van der Waals surface area contributed by atoms with Crippen LogP contribution in [0.4, 0.5) is 21.9 Å². The van der Waals surface area contributed by atoms with Gasteiger partial charge < -0.3 is 20.5 Å². The number of thioether (sulfide) groups is 1. The van der Waals surface area contributed by atoms with Crippen LogP contribution in [0.25, 0.3) is 10.9 Å². The molecule has 5 rings (SSSR count). The molecule has 2 heterocycles. The zero-order valence-electron chi connectivity index (χ0n) is 15.0. The predicted molar refractivity (Wildman–Crippen MR) is 113 cm³/mol. The van der Waals surface area contributed by atoms with Crippen LogP contribution in [0.3, 0.4) is 0 Å². The van der Waals surface area contributed by atoms with E-state index in [0.29, 0.717) is 0 Å². The third-order valence-corrected chi connectivity index (χ3v) is 6.21. The first kappa shape index (κ1) is 16.6. The van der Waals surface area contributed by atoms with E-state index in [0.717, 1.165) is 47.0 Å². The number of hydrogen-bond donors (Lipinski definition) is 3. The molecule has 2 aliphatic rings. The molecule has 1 aliphatic heterocycles. The van der Waals surface area contributed by atoms with Crippen LogP contribution in [0.1, 0.15) is 12.8 Å². The van der Waals surface area contributed by atoms with Crippen molar-refractivity contribution in [1.29, 1.82) is 0 Å². The van der Waals surface area contributed by atoms with Gasteiger partial charge in [0.05, 0.1) is 5.69 Å². The maximum Gasteiger partial charge on any atom is 0.323 e. The number of anilines is 3. The molecule has 1 saturated carbocycles. The van der Waals surface area contributed by atoms with E-state index >= 15 is 0 Å². The molecule has 0 radical (unpaired) electrons. The fourth-order valence-corrected chi connectivity index (χ4v) is 4.60. The van der Waals surface area contributed by atoms with Gasteiger partial charge in [0.1, 0.15) is 0 Å². The zero-order valence-corrected chi connectivity index (χ0v) is 15.8. The van der Waals surface area contributed by atoms with Crippen molar-refractivity contribution >= 4 is 45.8 Å². The molecule has 3 N–H and O–H groups in total. The summed E-state index contributed by atoms with van der Waals surface area (Å²) in [6.45, 7) is 2.22. The molecule has 3 aromatic rings. The Balaban J connectivity index is 1.30. The average molecular weight is 379 g/mol. The van der Waals surface area contributed by atoms with Crippen LogP contribution >= 0.6 is 11.8 Å². The summed E-state index contributed by atoms with van der Waals surface area (Å²) in [5, 5.41) is 7.02. The summed E-state index contributed by atoms with van der Waals surface area (Å²) in [5.74, 6) is 1.98. The number of aromatic amines is 1. The smallest absolute Gasteiger partial charge is 0.323 e. The van der Waals surface area contributed by atoms with Gasteiger partial charge in [-0.1, -0.05) is 6.07 Å². The molecule has 1 fully saturated rings. The molecule has 0 spiro atoms. The molecule has 2 amide bonds. The van der Waals surface area contributed by atoms with Crippen molar-refractivity contribution in [2.75, 3.05) is 34.4 Å². The van der Waals surface area contributed by atoms with Crippen molar-refractivity contribution in [3.63, 3.8) is 0 Å². The van der Waals surface area contributed by atoms with E-state index in [1.807, 2.05) is 48.3 Å². The van der Waals surface area contributed by atoms with E-state index in [1.54, 1.807) is 0 Å². The minimum Gasteiger partial charge on any atom is -0.369 e. The molecular weight excluding hydrogens is 356 g/mol. The molecule has 0 saturated heterocycles. The third kappa shape index (κ3) is 3.62. The summed E-state index contributed by atoms with van der Waals surface area (Å²) >= 11 is 1.90. The number of carbonyl (C=O) groups is 1. The number of fused-ring (bicyclic) bond motifs is 2. The number of amides is 2. The normalized spacial score (nSPS) is 16.2. The van der Waals surface area contributed by atoms with Crippen molar-refractivity contribution in [1.82, 2.24) is 4.98 Å². The fraction of sp³-hybridized carbons (Fsp3) is 0.286. The van der Waals surface area contributed by atoms with Gasteiger partial charge in [-0.05, 0) is 60.5 Å². The highest BCUT2D eigenvalue weighted by atomic mass is 32.2. The highest BCUT2D eigenvalue weighted by Gasteiger charge is 2.27. The topological polar surface area (TPSA) is 60.2 Å². The summed E-state index contributed by atoms with van der Waals surface area (Å²) in [4.78, 5) is 19.4. The summed E-state index contributed by atoms with van der Waals surface area (Å²) in [6.07, 6.45) is 4.60. The van der Waals surface area contributed by atoms with E-state index in [1.165, 1.54) is 23.4 Å². The predicted octanol–water partition coefficient (Wildman–Crippen LogP) is 5.13. The minimum absolute atomic E-state index is 0.224. The van der Waals surface area contributed by atoms with E-state index in [2.05, 4.69) is 32.7 Å². The van der Waals surface area contributed by atoms with Crippen molar-refractivity contribution in [2.45, 2.75) is 17.7 Å². The Morgan fingerprint density at radius 2 is 1.93 bits per heavy atom. The first-order chi connectivity index (χ1) is 13.2. The number of nitrogens with one attached hydrogen (secondary N) is 3. The number of carbonyl (C=O) groups excluding carboxylic acids is 1. The zero-order chi connectivity index (χ0) is 18.2. The molecule has 2 aromatic carbocycles. The van der Waals surface area contributed by atoms with Gasteiger partial charge in [0, 0.05) is 46.8 Å². The lowest BCUT2D eigenvalue weighted by Crippen LogP contribution is -2.31. The lowest BCUT2D eigenvalue weighted by molar-refractivity contribution is 0.262. The van der Waals surface area contributed by atoms with Crippen molar-refractivity contribution in [3.05, 3.63) is 48.7 Å². The molecular formula is C21H22N4OS. The Bertz CT molecular complexity index is 995. The van der Waals surface area contributed by atoms with E-state index in [9.17, 15) is 4.79 Å². The molecule has 5 nitrogen and oxygen atoms in total. The van der Waals surface area contributed by atoms with Crippen molar-refractivity contribution in [3.8, 4) is 0 Å². The fourth-order valence-electron chi connectivity index (χ4n) is 3.57. The monoisotopic (exact) mass is 378 g/mol. The van der Waals surface area contributed by atoms with Gasteiger partial charge in [0.2, 0.25) is 0 Å². The van der Waals surface area contributed by atoms with Crippen molar-refractivity contribution in [2.24, 2.45) is 5.92 Å². The Labute approximate surface area is 162 Å². The second-order valence-corrected chi connectivity index (χ2v) is 8.42. The number of hydrogen-bond acceptors (Lipinski definition) is 3. The van der Waals surface area contributed by atoms with Crippen LogP contribution < -0.4 is 15.5 Å². The Hall–Kier alpha value is -2.60. The maximum absolute atomic E-state index is 12.4. The van der Waals surface area contributed by atoms with Crippen LogP contribution in [0.5, 0.6) is 0 Å². The van der Waals surface area contributed by atoms with Crippen molar-refractivity contribution < 1.29 is 4.79 Å². The second kappa shape index (κ2) is 6.85.